The van der Waals surface area contributed by atoms with Gasteiger partial charge in [0.1, 0.15) is 11.2 Å². The molecule has 3 N–H and O–H groups in total. The van der Waals surface area contributed by atoms with Gasteiger partial charge in [-0.2, -0.15) is 0 Å². The predicted octanol–water partition coefficient (Wildman–Crippen LogP) is 5.43. The molecule has 214 valence electrons. The number of hydrogen-bond donors (Lipinski definition) is 3. The first-order valence-corrected chi connectivity index (χ1v) is 15.1. The van der Waals surface area contributed by atoms with Gasteiger partial charge in [0.2, 0.25) is 0 Å². The third kappa shape index (κ3) is 4.62. The fraction of sp³-hybridized carbons (Fsp3) is 0.812. The first-order valence-electron chi connectivity index (χ1n) is 15.1. The summed E-state index contributed by atoms with van der Waals surface area (Å²) in [5, 5.41) is 34.1. The van der Waals surface area contributed by atoms with Gasteiger partial charge in [-0.1, -0.05) is 91.2 Å². The van der Waals surface area contributed by atoms with Crippen LogP contribution in [0.4, 0.5) is 0 Å². The van der Waals surface area contributed by atoms with Crippen molar-refractivity contribution in [1.82, 2.24) is 0 Å². The van der Waals surface area contributed by atoms with Crippen LogP contribution < -0.4 is 0 Å². The molecule has 4 rings (SSSR count). The number of fused-ring (bicyclic) bond motifs is 5. The van der Waals surface area contributed by atoms with Gasteiger partial charge in [0, 0.05) is 36.0 Å². The van der Waals surface area contributed by atoms with Crippen LogP contribution in [0, 0.1) is 29.1 Å². The Morgan fingerprint density at radius 1 is 1.03 bits per heavy atom. The van der Waals surface area contributed by atoms with Gasteiger partial charge in [0.05, 0.1) is 12.2 Å². The Balaban J connectivity index is 1.45. The number of rotatable bonds is 12. The molecule has 0 heterocycles. The Morgan fingerprint density at radius 3 is 2.24 bits per heavy atom. The molecule has 6 nitrogen and oxygen atoms in total. The second kappa shape index (κ2) is 10.8. The van der Waals surface area contributed by atoms with Crippen LogP contribution >= 0.6 is 0 Å². The third-order valence-corrected chi connectivity index (χ3v) is 10.7. The van der Waals surface area contributed by atoms with Crippen LogP contribution in [0.1, 0.15) is 112 Å². The van der Waals surface area contributed by atoms with E-state index in [4.69, 9.17) is 4.74 Å². The number of hydrogen-bond acceptors (Lipinski definition) is 6. The summed E-state index contributed by atoms with van der Waals surface area (Å²) >= 11 is 0. The number of carbonyl (C=O) groups is 2. The summed E-state index contributed by atoms with van der Waals surface area (Å²) < 4.78 is 6.31. The molecule has 0 aliphatic heterocycles. The maximum absolute atomic E-state index is 13.1. The zero-order chi connectivity index (χ0) is 27.9. The fourth-order valence-electron chi connectivity index (χ4n) is 8.43. The van der Waals surface area contributed by atoms with Crippen molar-refractivity contribution in [3.63, 3.8) is 0 Å². The molecular formula is C32H50O6. The van der Waals surface area contributed by atoms with E-state index in [0.29, 0.717) is 24.0 Å². The second-order valence-electron chi connectivity index (χ2n) is 13.4. The van der Waals surface area contributed by atoms with Crippen LogP contribution in [0.2, 0.25) is 0 Å². The van der Waals surface area contributed by atoms with Gasteiger partial charge in [-0.15, -0.1) is 0 Å². The van der Waals surface area contributed by atoms with Crippen molar-refractivity contribution in [3.8, 4) is 0 Å². The van der Waals surface area contributed by atoms with Crippen LogP contribution in [0.5, 0.6) is 0 Å². The standard InChI is InChI=1S/C32H50O6/c1-6-7-8-9-10-11-12-13-14-15-26(34)38-31-18-22(3)32(37)24(27(31)29(31,4)5)17-23(20-33)19-30(36)25(32)16-21(2)28(30)35/h16-17,22,24-25,27,33,36-37H,6-15,18-20H2,1-5H3/t22-,24-,25+,27-,30+,31-,32+/m1/s1. The molecule has 2 saturated carbocycles. The first-order chi connectivity index (χ1) is 17.9. The molecule has 0 aromatic carbocycles. The zero-order valence-corrected chi connectivity index (χ0v) is 24.2. The van der Waals surface area contributed by atoms with Crippen molar-refractivity contribution in [3.05, 3.63) is 23.3 Å². The van der Waals surface area contributed by atoms with E-state index >= 15 is 0 Å². The van der Waals surface area contributed by atoms with Crippen molar-refractivity contribution in [2.45, 2.75) is 128 Å². The van der Waals surface area contributed by atoms with Crippen molar-refractivity contribution in [1.29, 1.82) is 0 Å². The van der Waals surface area contributed by atoms with E-state index in [1.54, 1.807) is 13.0 Å². The highest BCUT2D eigenvalue weighted by molar-refractivity contribution is 6.04. The van der Waals surface area contributed by atoms with E-state index in [0.717, 1.165) is 19.3 Å². The molecule has 6 heteroatoms. The highest BCUT2D eigenvalue weighted by Gasteiger charge is 2.83. The third-order valence-electron chi connectivity index (χ3n) is 10.7. The number of carbonyl (C=O) groups excluding carboxylic acids is 2. The topological polar surface area (TPSA) is 104 Å². The van der Waals surface area contributed by atoms with Gasteiger partial charge >= 0.3 is 5.97 Å². The molecule has 38 heavy (non-hydrogen) atoms. The highest BCUT2D eigenvalue weighted by Crippen LogP contribution is 2.76. The number of unbranched alkanes of at least 4 members (excludes halogenated alkanes) is 8. The van der Waals surface area contributed by atoms with Crippen molar-refractivity contribution in [2.75, 3.05) is 6.61 Å². The predicted molar refractivity (Wildman–Crippen MR) is 147 cm³/mol. The van der Waals surface area contributed by atoms with E-state index in [1.165, 1.54) is 38.5 Å². The van der Waals surface area contributed by atoms with Gasteiger partial charge < -0.3 is 20.1 Å². The molecule has 0 aromatic heterocycles. The van der Waals surface area contributed by atoms with Crippen molar-refractivity contribution < 1.29 is 29.6 Å². The van der Waals surface area contributed by atoms with E-state index in [9.17, 15) is 24.9 Å². The summed E-state index contributed by atoms with van der Waals surface area (Å²) in [6.07, 6.45) is 15.2. The highest BCUT2D eigenvalue weighted by atomic mass is 16.6. The minimum Gasteiger partial charge on any atom is -0.458 e. The molecule has 7 atom stereocenters. The molecule has 4 aliphatic rings. The summed E-state index contributed by atoms with van der Waals surface area (Å²) in [6, 6.07) is 0. The molecular weight excluding hydrogens is 480 g/mol. The van der Waals surface area contributed by atoms with Crippen LogP contribution in [-0.2, 0) is 14.3 Å². The molecule has 0 saturated heterocycles. The Hall–Kier alpha value is -1.50. The van der Waals surface area contributed by atoms with Crippen LogP contribution in [-0.4, -0.2) is 50.5 Å². The Morgan fingerprint density at radius 2 is 1.63 bits per heavy atom. The van der Waals surface area contributed by atoms with Gasteiger partial charge in [-0.25, -0.2) is 0 Å². The fourth-order valence-corrected chi connectivity index (χ4v) is 8.43. The lowest BCUT2D eigenvalue weighted by molar-refractivity contribution is -0.187. The molecule has 0 radical (unpaired) electrons. The van der Waals surface area contributed by atoms with Gasteiger partial charge in [-0.05, 0) is 36.8 Å². The maximum atomic E-state index is 13.1. The van der Waals surface area contributed by atoms with Crippen LogP contribution in [0.3, 0.4) is 0 Å². The maximum Gasteiger partial charge on any atom is 0.306 e. The first kappa shape index (κ1) is 29.5. The quantitative estimate of drug-likeness (QED) is 0.177. The molecule has 0 spiro atoms. The number of Topliss-reactive ketones (excluding diaryl/α,β-unsaturated/α-hetero) is 1. The molecule has 4 aliphatic carbocycles. The number of ketones is 1. The van der Waals surface area contributed by atoms with E-state index in [2.05, 4.69) is 20.8 Å². The van der Waals surface area contributed by atoms with Gasteiger partial charge in [0.25, 0.3) is 0 Å². The summed E-state index contributed by atoms with van der Waals surface area (Å²) in [6.45, 7) is 9.74. The van der Waals surface area contributed by atoms with E-state index < -0.39 is 28.6 Å². The average Bonchev–Trinajstić information content (AvgIpc) is 3.26. The smallest absolute Gasteiger partial charge is 0.306 e. The summed E-state index contributed by atoms with van der Waals surface area (Å²) in [4.78, 5) is 26.1. The lowest BCUT2D eigenvalue weighted by Crippen LogP contribution is -2.61. The van der Waals surface area contributed by atoms with E-state index in [1.807, 2.05) is 13.0 Å². The molecule has 0 aromatic rings. The minimum absolute atomic E-state index is 0.00487. The normalized spacial score (nSPS) is 38.9. The zero-order valence-electron chi connectivity index (χ0n) is 24.2. The summed E-state index contributed by atoms with van der Waals surface area (Å²) in [5.41, 5.74) is -3.20. The Labute approximate surface area is 228 Å². The van der Waals surface area contributed by atoms with Gasteiger partial charge in [0.15, 0.2) is 5.78 Å². The Bertz CT molecular complexity index is 980. The Kier molecular flexibility index (Phi) is 8.39. The average molecular weight is 531 g/mol. The monoisotopic (exact) mass is 530 g/mol. The van der Waals surface area contributed by atoms with E-state index in [-0.39, 0.29) is 42.0 Å². The summed E-state index contributed by atoms with van der Waals surface area (Å²) in [5.74, 6) is -2.25. The lowest BCUT2D eigenvalue weighted by Gasteiger charge is -2.50. The molecule has 2 fully saturated rings. The van der Waals surface area contributed by atoms with Crippen molar-refractivity contribution in [2.24, 2.45) is 29.1 Å². The minimum atomic E-state index is -1.76. The SMILES string of the molecule is CCCCCCCCCCCC(=O)O[C@]12C[C@@H](C)[C@]3(O)[C@H](C=C(CO)C[C@@]4(O)C(=O)C(C)=C[C@H]34)[C@@H]1C2(C)C. The molecule has 0 bridgehead atoms. The number of ether oxygens (including phenoxy) is 1. The van der Waals surface area contributed by atoms with Crippen LogP contribution in [0.25, 0.3) is 0 Å². The van der Waals surface area contributed by atoms with Crippen molar-refractivity contribution >= 4 is 11.8 Å². The van der Waals surface area contributed by atoms with Crippen LogP contribution in [0.15, 0.2) is 23.3 Å². The van der Waals surface area contributed by atoms with Gasteiger partial charge in [-0.3, -0.25) is 9.59 Å². The molecule has 0 unspecified atom stereocenters. The lowest BCUT2D eigenvalue weighted by atomic mass is 9.60. The second-order valence-corrected chi connectivity index (χ2v) is 13.4. The molecule has 0 amide bonds. The number of esters is 1. The number of aliphatic hydroxyl groups excluding tert-OH is 1. The summed E-state index contributed by atoms with van der Waals surface area (Å²) in [7, 11) is 0. The number of aliphatic hydroxyl groups is 3. The largest absolute Gasteiger partial charge is 0.458 e.